The lowest BCUT2D eigenvalue weighted by molar-refractivity contribution is -0.385. The van der Waals surface area contributed by atoms with Crippen LogP contribution < -0.4 is 34.7 Å². The number of aliphatic hydroxyl groups is 1. The molecule has 580 valence electrons. The lowest BCUT2D eigenvalue weighted by Gasteiger charge is -2.24. The molecule has 4 aliphatic heterocycles. The van der Waals surface area contributed by atoms with Crippen molar-refractivity contribution >= 4 is 79.6 Å². The predicted octanol–water partition coefficient (Wildman–Crippen LogP) is 15.9. The number of amides is 1. The monoisotopic (exact) mass is 1550 g/mol. The average molecular weight is 1550 g/mol. The van der Waals surface area contributed by atoms with Crippen molar-refractivity contribution in [3.05, 3.63) is 216 Å². The van der Waals surface area contributed by atoms with Crippen LogP contribution in [0.5, 0.6) is 28.7 Å². The van der Waals surface area contributed by atoms with Gasteiger partial charge in [0.1, 0.15) is 99.2 Å². The maximum Gasteiger partial charge on any atom is 0.271 e. The Balaban J connectivity index is 0.000000166. The van der Waals surface area contributed by atoms with Gasteiger partial charge in [-0.2, -0.15) is 15.8 Å². The number of carbonyl (C=O) groups is 2. The van der Waals surface area contributed by atoms with Gasteiger partial charge in [0, 0.05) is 137 Å². The molecule has 1 amide bonds. The van der Waals surface area contributed by atoms with Crippen molar-refractivity contribution in [2.45, 2.75) is 82.7 Å². The summed E-state index contributed by atoms with van der Waals surface area (Å²) in [5, 5.41) is 60.5. The third-order valence-corrected chi connectivity index (χ3v) is 17.7. The summed E-state index contributed by atoms with van der Waals surface area (Å²) in [6, 6.07) is 40.7. The van der Waals surface area contributed by atoms with Gasteiger partial charge in [-0.15, -0.1) is 0 Å². The fourth-order valence-corrected chi connectivity index (χ4v) is 11.6. The maximum atomic E-state index is 12.6. The number of ketones is 1. The largest absolute Gasteiger partial charge is 0.501 e. The van der Waals surface area contributed by atoms with Gasteiger partial charge in [0.05, 0.1) is 109 Å². The number of nitriles is 3. The number of nitrogen functional groups attached to an aromatic ring is 1. The van der Waals surface area contributed by atoms with Gasteiger partial charge >= 0.3 is 0 Å². The summed E-state index contributed by atoms with van der Waals surface area (Å²) in [4.78, 5) is 57.0. The Morgan fingerprint density at radius 2 is 1.05 bits per heavy atom. The van der Waals surface area contributed by atoms with E-state index in [1.807, 2.05) is 30.3 Å². The molecule has 0 saturated carbocycles. The predicted molar refractivity (Wildman–Crippen MR) is 412 cm³/mol. The molecule has 14 rings (SSSR count). The number of fused-ring (bicyclic) bond motifs is 2. The number of nitro benzene ring substituents is 2. The van der Waals surface area contributed by atoms with Gasteiger partial charge in [0.2, 0.25) is 5.69 Å². The third-order valence-electron chi connectivity index (χ3n) is 17.4. The van der Waals surface area contributed by atoms with Gasteiger partial charge < -0.3 is 72.5 Å². The first-order valence-electron chi connectivity index (χ1n) is 35.2. The first-order valence-corrected chi connectivity index (χ1v) is 35.6. The Labute approximate surface area is 648 Å². The van der Waals surface area contributed by atoms with E-state index in [-0.39, 0.29) is 58.6 Å². The Morgan fingerprint density at radius 3 is 1.54 bits per heavy atom. The van der Waals surface area contributed by atoms with E-state index >= 15 is 0 Å². The Morgan fingerprint density at radius 1 is 0.598 bits per heavy atom. The number of pyridine rings is 2. The van der Waals surface area contributed by atoms with Crippen LogP contribution in [-0.4, -0.2) is 147 Å². The topological polar surface area (TPSA) is 393 Å². The molecule has 4 aliphatic rings. The quantitative estimate of drug-likeness (QED) is 0.0266. The van der Waals surface area contributed by atoms with E-state index in [2.05, 4.69) is 26.2 Å². The highest BCUT2D eigenvalue weighted by Gasteiger charge is 2.24. The molecule has 112 heavy (non-hydrogen) atoms. The molecule has 4 N–H and O–H groups in total. The summed E-state index contributed by atoms with van der Waals surface area (Å²) < 4.78 is 73.9. The third kappa shape index (κ3) is 23.1. The van der Waals surface area contributed by atoms with Gasteiger partial charge in [-0.3, -0.25) is 39.8 Å². The van der Waals surface area contributed by atoms with Gasteiger partial charge in [0.15, 0.2) is 16.9 Å². The second kappa shape index (κ2) is 41.1. The number of rotatable bonds is 16. The molecule has 0 aliphatic carbocycles. The van der Waals surface area contributed by atoms with E-state index in [1.54, 1.807) is 114 Å². The number of aliphatic hydroxyl groups excluding tert-OH is 1. The minimum absolute atomic E-state index is 0.00676. The Hall–Kier alpha value is -12.8. The number of halogens is 2. The second-order valence-electron chi connectivity index (χ2n) is 25.4. The van der Waals surface area contributed by atoms with Crippen molar-refractivity contribution in [1.82, 2.24) is 14.9 Å². The van der Waals surface area contributed by atoms with Crippen molar-refractivity contribution in [3.63, 3.8) is 0 Å². The summed E-state index contributed by atoms with van der Waals surface area (Å²) in [6.45, 7) is 14.1. The molecule has 0 bridgehead atoms. The zero-order valence-electron chi connectivity index (χ0n) is 61.7. The molecule has 0 atom stereocenters. The number of carbonyl (C=O) groups excluding carboxylic acids is 2. The number of nitro groups is 2. The number of ether oxygens (including phenoxy) is 9. The number of furan rings is 2. The average Bonchev–Trinajstić information content (AvgIpc) is 1.64. The molecule has 31 heteroatoms. The number of nitrogens with zero attached hydrogens (tertiary/aromatic N) is 9. The van der Waals surface area contributed by atoms with Crippen LogP contribution in [0.3, 0.4) is 0 Å². The first kappa shape index (κ1) is 83.3. The number of Topliss-reactive ketones (excluding diaryl/α,β-unsaturated/α-hetero) is 1. The zero-order chi connectivity index (χ0) is 80.2. The van der Waals surface area contributed by atoms with Gasteiger partial charge in [-0.05, 0) is 111 Å². The molecular formula is C81H79ClFN11O18. The molecule has 10 aromatic rings. The summed E-state index contributed by atoms with van der Waals surface area (Å²) in [6.07, 6.45) is 9.96. The lowest BCUT2D eigenvalue weighted by Crippen LogP contribution is -2.26. The van der Waals surface area contributed by atoms with Crippen molar-refractivity contribution in [2.24, 2.45) is 0 Å². The Bertz CT molecular complexity index is 5120. The molecule has 0 radical (unpaired) electrons. The molecule has 4 saturated heterocycles. The molecule has 0 unspecified atom stereocenters. The normalized spacial score (nSPS) is 14.1. The van der Waals surface area contributed by atoms with Crippen molar-refractivity contribution in [1.29, 1.82) is 15.8 Å². The van der Waals surface area contributed by atoms with Crippen LogP contribution in [0.25, 0.3) is 49.7 Å². The first-order chi connectivity index (χ1) is 54.1. The smallest absolute Gasteiger partial charge is 0.271 e. The lowest BCUT2D eigenvalue weighted by atomic mass is 10.1. The number of methoxy groups -OCH3 is 2. The van der Waals surface area contributed by atoms with Crippen LogP contribution in [0.15, 0.2) is 155 Å². The van der Waals surface area contributed by atoms with E-state index in [9.17, 15) is 39.5 Å². The standard InChI is InChI=1S/C29H28N4O5.C16H12ClNO3.C12H12N2O4.C12H14N2O2.C7H3FN2O2.C5H10O2/c1-33(2)29(34)18-4-6-22(26(15-18)35-3)27-16-24-28(38-27)23(8-11-31-24)32-20-5-7-25(19(14-20)17-30)37-21-9-12-36-13-10-21;1-9(19)10-3-4-11(14(7-10)20-2)15-8-13-16(21-15)12(17)5-6-18-13;13-8-9-7-10(14(15)16)1-2-12(9)18-11-3-5-17-6-4-11;1-14-11-8-9(13)2-3-12(11)16-10-4-6-15-7-5-10;8-7-2-1-6(10(11)12)3-5(7)4-9;6-5-1-3-7-4-2-5/h4-8,11,14-16,21H,9-10,12-13H2,1-3H3,(H,31,32);3-8H,1-2H3;1-2,7,11H,3-6H2;2-3,8,10H,4-7,13H2;1-3H;5-6H,1-4H2. The van der Waals surface area contributed by atoms with Crippen LogP contribution in [0.2, 0.25) is 5.02 Å². The van der Waals surface area contributed by atoms with Gasteiger partial charge in [-0.1, -0.05) is 17.7 Å². The summed E-state index contributed by atoms with van der Waals surface area (Å²) in [7, 11) is 6.51. The fourth-order valence-electron chi connectivity index (χ4n) is 11.4. The SMILES string of the molecule is COc1cc(C(=O)N(C)C)ccc1-c1cc2nccc(Nc3ccc(OC4CCOCC4)c(C#N)c3)c2o1.COc1cc(C(C)=O)ccc1-c1cc2nccc(Cl)c2o1.N#Cc1cc([N+](=O)[O-])ccc1F.N#Cc1cc([N+](=O)[O-])ccc1OC1CCOCC1.OC1CCOCC1.[C-]#[N+]c1cc(N)ccc1OC1CCOCC1. The highest BCUT2D eigenvalue weighted by atomic mass is 35.5. The number of hydrogen-bond donors (Lipinski definition) is 3. The molecule has 4 aromatic heterocycles. The molecule has 8 heterocycles. The van der Waals surface area contributed by atoms with Crippen LogP contribution in [0, 0.1) is 66.6 Å². The molecule has 4 fully saturated rings. The highest BCUT2D eigenvalue weighted by molar-refractivity contribution is 6.34. The number of aromatic nitrogens is 2. The summed E-state index contributed by atoms with van der Waals surface area (Å²) in [5.74, 6) is 2.94. The number of non-ortho nitro benzene ring substituents is 2. The fraction of sp³-hybridized carbons (Fsp3) is 0.309. The number of nitrogens with two attached hydrogens (primary N) is 1. The van der Waals surface area contributed by atoms with Crippen LogP contribution >= 0.6 is 11.6 Å². The summed E-state index contributed by atoms with van der Waals surface area (Å²) in [5.41, 5.74) is 13.0. The van der Waals surface area contributed by atoms with Crippen LogP contribution in [0.1, 0.15) is 95.7 Å². The van der Waals surface area contributed by atoms with E-state index in [0.717, 1.165) is 107 Å². The van der Waals surface area contributed by atoms with Crippen molar-refractivity contribution in [3.8, 4) is 69.6 Å². The van der Waals surface area contributed by atoms with Crippen LogP contribution in [0.4, 0.5) is 38.5 Å². The number of hydrogen-bond acceptors (Lipinski definition) is 25. The van der Waals surface area contributed by atoms with Crippen molar-refractivity contribution in [2.75, 3.05) is 92.2 Å². The van der Waals surface area contributed by atoms with Gasteiger partial charge in [0.25, 0.3) is 17.3 Å². The van der Waals surface area contributed by atoms with Crippen LogP contribution in [-0.2, 0) is 18.9 Å². The minimum Gasteiger partial charge on any atom is -0.501 e. The van der Waals surface area contributed by atoms with E-state index in [0.29, 0.717) is 133 Å². The molecule has 0 spiro atoms. The highest BCUT2D eigenvalue weighted by Crippen LogP contribution is 2.40. The second-order valence-corrected chi connectivity index (χ2v) is 25.8. The van der Waals surface area contributed by atoms with E-state index < -0.39 is 15.7 Å². The van der Waals surface area contributed by atoms with E-state index in [1.165, 1.54) is 36.1 Å². The zero-order valence-corrected chi connectivity index (χ0v) is 62.5. The molecular weight excluding hydrogens is 1470 g/mol. The maximum absolute atomic E-state index is 12.6. The molecule has 29 nitrogen and oxygen atoms in total. The van der Waals surface area contributed by atoms with Crippen molar-refractivity contribution < 1.29 is 80.4 Å². The molecule has 6 aromatic carbocycles. The van der Waals surface area contributed by atoms with E-state index in [4.69, 9.17) is 91.0 Å². The Kier molecular flexibility index (Phi) is 30.6. The number of anilines is 3. The summed E-state index contributed by atoms with van der Waals surface area (Å²) >= 11 is 6.09. The number of nitrogens with one attached hydrogen (secondary N) is 1. The number of benzene rings is 6. The minimum atomic E-state index is -0.747. The van der Waals surface area contributed by atoms with Gasteiger partial charge in [-0.25, -0.2) is 9.24 Å².